The number of carbonyl (C=O) groups is 2. The average molecular weight is 256 g/mol. The zero-order chi connectivity index (χ0) is 13.7. The molecule has 5 nitrogen and oxygen atoms in total. The summed E-state index contributed by atoms with van der Waals surface area (Å²) in [4.78, 5) is 24.6. The number of nitrogens with zero attached hydrogens (tertiary/aromatic N) is 1. The molecule has 104 valence electrons. The number of carboxylic acid groups (broad SMARTS) is 1. The van der Waals surface area contributed by atoms with Gasteiger partial charge in [-0.15, -0.1) is 0 Å². The quantitative estimate of drug-likeness (QED) is 0.772. The molecule has 18 heavy (non-hydrogen) atoms. The Balaban J connectivity index is 2.67. The molecule has 1 amide bonds. The van der Waals surface area contributed by atoms with Crippen LogP contribution in [-0.4, -0.2) is 47.1 Å². The Bertz CT molecular complexity index is 305. The summed E-state index contributed by atoms with van der Waals surface area (Å²) in [6.07, 6.45) is 2.99. The number of hydrogen-bond donors (Lipinski definition) is 2. The van der Waals surface area contributed by atoms with Gasteiger partial charge in [-0.2, -0.15) is 0 Å². The van der Waals surface area contributed by atoms with Gasteiger partial charge in [-0.3, -0.25) is 9.59 Å². The number of aliphatic carboxylic acids is 1. The number of carboxylic acids is 1. The molecular formula is C13H24N2O3. The number of amides is 1. The summed E-state index contributed by atoms with van der Waals surface area (Å²) in [7, 11) is 0. The second-order valence-corrected chi connectivity index (χ2v) is 5.26. The maximum Gasteiger partial charge on any atom is 0.323 e. The summed E-state index contributed by atoms with van der Waals surface area (Å²) < 4.78 is 0. The van der Waals surface area contributed by atoms with Crippen molar-refractivity contribution in [2.75, 3.05) is 13.1 Å². The molecule has 2 atom stereocenters. The summed E-state index contributed by atoms with van der Waals surface area (Å²) in [6.45, 7) is 6.45. The molecule has 2 N–H and O–H groups in total. The standard InChI is InChI=1S/C13H24N2O3/c1-4-10-5-6-14-11(7-10)13(18)15(9(2)3)8-12(16)17/h9-11,14H,4-8H2,1-3H3,(H,16,17). The van der Waals surface area contributed by atoms with Gasteiger partial charge in [0.25, 0.3) is 0 Å². The van der Waals surface area contributed by atoms with E-state index in [0.717, 1.165) is 25.8 Å². The summed E-state index contributed by atoms with van der Waals surface area (Å²) in [5, 5.41) is 12.1. The third-order valence-corrected chi connectivity index (χ3v) is 3.60. The highest BCUT2D eigenvalue weighted by Crippen LogP contribution is 2.21. The van der Waals surface area contributed by atoms with Gasteiger partial charge in [0, 0.05) is 6.04 Å². The first kappa shape index (κ1) is 15.0. The molecule has 0 aromatic carbocycles. The minimum Gasteiger partial charge on any atom is -0.480 e. The van der Waals surface area contributed by atoms with Crippen LogP contribution in [0.2, 0.25) is 0 Å². The van der Waals surface area contributed by atoms with E-state index < -0.39 is 5.97 Å². The molecule has 2 unspecified atom stereocenters. The molecule has 0 bridgehead atoms. The van der Waals surface area contributed by atoms with Crippen LogP contribution in [0.4, 0.5) is 0 Å². The summed E-state index contributed by atoms with van der Waals surface area (Å²) in [5.41, 5.74) is 0. The second kappa shape index (κ2) is 6.73. The van der Waals surface area contributed by atoms with Crippen LogP contribution in [0.5, 0.6) is 0 Å². The van der Waals surface area contributed by atoms with Gasteiger partial charge in [-0.25, -0.2) is 0 Å². The van der Waals surface area contributed by atoms with Gasteiger partial charge in [0.1, 0.15) is 6.54 Å². The topological polar surface area (TPSA) is 69.6 Å². The molecule has 1 saturated heterocycles. The van der Waals surface area contributed by atoms with Crippen molar-refractivity contribution in [3.63, 3.8) is 0 Å². The fraction of sp³-hybridized carbons (Fsp3) is 0.846. The molecule has 0 aliphatic carbocycles. The minimum atomic E-state index is -0.958. The molecule has 0 spiro atoms. The van der Waals surface area contributed by atoms with E-state index in [1.165, 1.54) is 4.90 Å². The van der Waals surface area contributed by atoms with Crippen LogP contribution < -0.4 is 5.32 Å². The SMILES string of the molecule is CCC1CCNC(C(=O)N(CC(=O)O)C(C)C)C1. The normalized spacial score (nSPS) is 24.0. The zero-order valence-electron chi connectivity index (χ0n) is 11.5. The van der Waals surface area contributed by atoms with Crippen LogP contribution in [0.15, 0.2) is 0 Å². The van der Waals surface area contributed by atoms with Gasteiger partial charge in [-0.05, 0) is 39.2 Å². The molecule has 0 aromatic heterocycles. The van der Waals surface area contributed by atoms with Crippen molar-refractivity contribution >= 4 is 11.9 Å². The fourth-order valence-electron chi connectivity index (χ4n) is 2.42. The maximum absolute atomic E-state index is 12.3. The molecule has 0 aromatic rings. The van der Waals surface area contributed by atoms with Crippen molar-refractivity contribution in [1.29, 1.82) is 0 Å². The lowest BCUT2D eigenvalue weighted by molar-refractivity contribution is -0.147. The van der Waals surface area contributed by atoms with E-state index in [9.17, 15) is 9.59 Å². The van der Waals surface area contributed by atoms with Crippen LogP contribution in [0.1, 0.15) is 40.0 Å². The molecule has 5 heteroatoms. The number of nitrogens with one attached hydrogen (secondary N) is 1. The fourth-order valence-corrected chi connectivity index (χ4v) is 2.42. The van der Waals surface area contributed by atoms with Crippen molar-refractivity contribution in [2.24, 2.45) is 5.92 Å². The number of piperidine rings is 1. The van der Waals surface area contributed by atoms with Crippen molar-refractivity contribution in [1.82, 2.24) is 10.2 Å². The van der Waals surface area contributed by atoms with Gasteiger partial charge in [-0.1, -0.05) is 13.3 Å². The molecule has 0 saturated carbocycles. The number of carbonyl (C=O) groups excluding carboxylic acids is 1. The number of hydrogen-bond acceptors (Lipinski definition) is 3. The first-order valence-electron chi connectivity index (χ1n) is 6.71. The van der Waals surface area contributed by atoms with Gasteiger partial charge >= 0.3 is 5.97 Å². The Morgan fingerprint density at radius 3 is 2.61 bits per heavy atom. The van der Waals surface area contributed by atoms with Crippen molar-refractivity contribution in [2.45, 2.75) is 52.1 Å². The average Bonchev–Trinajstić information content (AvgIpc) is 2.34. The Morgan fingerprint density at radius 1 is 1.44 bits per heavy atom. The van der Waals surface area contributed by atoms with E-state index in [1.807, 2.05) is 13.8 Å². The highest BCUT2D eigenvalue weighted by molar-refractivity contribution is 5.85. The van der Waals surface area contributed by atoms with Gasteiger partial charge in [0.15, 0.2) is 0 Å². The van der Waals surface area contributed by atoms with E-state index in [-0.39, 0.29) is 24.5 Å². The van der Waals surface area contributed by atoms with Crippen LogP contribution in [-0.2, 0) is 9.59 Å². The van der Waals surface area contributed by atoms with Crippen LogP contribution in [0.3, 0.4) is 0 Å². The van der Waals surface area contributed by atoms with E-state index in [1.54, 1.807) is 0 Å². The first-order valence-corrected chi connectivity index (χ1v) is 6.71. The van der Waals surface area contributed by atoms with Gasteiger partial charge in [0.05, 0.1) is 6.04 Å². The monoisotopic (exact) mass is 256 g/mol. The van der Waals surface area contributed by atoms with Crippen LogP contribution in [0, 0.1) is 5.92 Å². The second-order valence-electron chi connectivity index (χ2n) is 5.26. The van der Waals surface area contributed by atoms with Gasteiger partial charge < -0.3 is 15.3 Å². The molecular weight excluding hydrogens is 232 g/mol. The van der Waals surface area contributed by atoms with Crippen molar-refractivity contribution in [3.05, 3.63) is 0 Å². The first-order chi connectivity index (χ1) is 8.45. The Kier molecular flexibility index (Phi) is 5.59. The highest BCUT2D eigenvalue weighted by atomic mass is 16.4. The lowest BCUT2D eigenvalue weighted by Gasteiger charge is -2.34. The predicted molar refractivity (Wildman–Crippen MR) is 69.3 cm³/mol. The Labute approximate surface area is 109 Å². The predicted octanol–water partition coefficient (Wildman–Crippen LogP) is 1.09. The largest absolute Gasteiger partial charge is 0.480 e. The highest BCUT2D eigenvalue weighted by Gasteiger charge is 2.31. The molecule has 1 aliphatic heterocycles. The van der Waals surface area contributed by atoms with E-state index >= 15 is 0 Å². The molecule has 1 aliphatic rings. The summed E-state index contributed by atoms with van der Waals surface area (Å²) in [6, 6.07) is -0.303. The van der Waals surface area contributed by atoms with Gasteiger partial charge in [0.2, 0.25) is 5.91 Å². The molecule has 0 radical (unpaired) electrons. The molecule has 1 heterocycles. The number of rotatable bonds is 5. The zero-order valence-corrected chi connectivity index (χ0v) is 11.5. The maximum atomic E-state index is 12.3. The summed E-state index contributed by atoms with van der Waals surface area (Å²) >= 11 is 0. The third-order valence-electron chi connectivity index (χ3n) is 3.60. The van der Waals surface area contributed by atoms with Crippen LogP contribution in [0.25, 0.3) is 0 Å². The van der Waals surface area contributed by atoms with Crippen molar-refractivity contribution < 1.29 is 14.7 Å². The molecule has 1 fully saturated rings. The Morgan fingerprint density at radius 2 is 2.11 bits per heavy atom. The van der Waals surface area contributed by atoms with Crippen LogP contribution >= 0.6 is 0 Å². The third kappa shape index (κ3) is 3.98. The minimum absolute atomic E-state index is 0.0782. The van der Waals surface area contributed by atoms with E-state index in [0.29, 0.717) is 5.92 Å². The lowest BCUT2D eigenvalue weighted by Crippen LogP contribution is -2.53. The smallest absolute Gasteiger partial charge is 0.323 e. The summed E-state index contributed by atoms with van der Waals surface area (Å²) in [5.74, 6) is -0.468. The lowest BCUT2D eigenvalue weighted by atomic mass is 9.89. The van der Waals surface area contributed by atoms with E-state index in [2.05, 4.69) is 12.2 Å². The van der Waals surface area contributed by atoms with E-state index in [4.69, 9.17) is 5.11 Å². The van der Waals surface area contributed by atoms with Crippen molar-refractivity contribution in [3.8, 4) is 0 Å². The Hall–Kier alpha value is -1.10. The molecule has 1 rings (SSSR count).